The molecule has 0 aromatic heterocycles. The first kappa shape index (κ1) is 19.1. The van der Waals surface area contributed by atoms with Gasteiger partial charge < -0.3 is 14.8 Å². The molecule has 0 saturated heterocycles. The van der Waals surface area contributed by atoms with E-state index >= 15 is 0 Å². The number of hydrogen-bond donors (Lipinski definition) is 1. The number of carbonyl (C=O) groups excluding carboxylic acids is 1. The van der Waals surface area contributed by atoms with Crippen LogP contribution in [0.25, 0.3) is 0 Å². The van der Waals surface area contributed by atoms with Crippen LogP contribution in [-0.2, 0) is 10.2 Å². The number of rotatable bonds is 6. The van der Waals surface area contributed by atoms with Gasteiger partial charge in [-0.1, -0.05) is 41.9 Å². The second-order valence-corrected chi connectivity index (χ2v) is 8.73. The molecule has 3 rings (SSSR count). The normalized spacial score (nSPS) is 13.3. The van der Waals surface area contributed by atoms with Crippen molar-refractivity contribution in [2.24, 2.45) is 0 Å². The molecule has 1 aliphatic rings. The van der Waals surface area contributed by atoms with Crippen LogP contribution >= 0.6 is 27.7 Å². The van der Waals surface area contributed by atoms with Crippen LogP contribution in [0.5, 0.6) is 11.5 Å². The van der Waals surface area contributed by atoms with Crippen molar-refractivity contribution in [1.29, 1.82) is 0 Å². The van der Waals surface area contributed by atoms with Gasteiger partial charge in [-0.15, -0.1) is 11.8 Å². The standard InChI is InChI=1S/C20H22BrNO3S/c1-20(2,14-3-5-15(21)6-4-14)13-22-19(23)12-26-16-7-8-17-18(11-16)25-10-9-24-17/h3-8,11H,9-10,12-13H2,1-2H3,(H,22,23). The molecular formula is C20H22BrNO3S. The lowest BCUT2D eigenvalue weighted by molar-refractivity contribution is -0.118. The lowest BCUT2D eigenvalue weighted by Crippen LogP contribution is -2.37. The number of halogens is 1. The largest absolute Gasteiger partial charge is 0.486 e. The highest BCUT2D eigenvalue weighted by molar-refractivity contribution is 9.10. The summed E-state index contributed by atoms with van der Waals surface area (Å²) in [4.78, 5) is 13.2. The molecule has 0 atom stereocenters. The van der Waals surface area contributed by atoms with Crippen molar-refractivity contribution in [3.63, 3.8) is 0 Å². The molecule has 6 heteroatoms. The van der Waals surface area contributed by atoms with Crippen molar-refractivity contribution in [1.82, 2.24) is 5.32 Å². The van der Waals surface area contributed by atoms with Crippen LogP contribution in [-0.4, -0.2) is 31.4 Å². The van der Waals surface area contributed by atoms with Gasteiger partial charge in [0, 0.05) is 21.3 Å². The van der Waals surface area contributed by atoms with Crippen molar-refractivity contribution in [2.75, 3.05) is 25.5 Å². The summed E-state index contributed by atoms with van der Waals surface area (Å²) in [6, 6.07) is 14.0. The van der Waals surface area contributed by atoms with E-state index in [1.807, 2.05) is 30.3 Å². The van der Waals surface area contributed by atoms with Gasteiger partial charge in [-0.05, 0) is 35.9 Å². The van der Waals surface area contributed by atoms with Crippen molar-refractivity contribution in [3.8, 4) is 11.5 Å². The highest BCUT2D eigenvalue weighted by atomic mass is 79.9. The highest BCUT2D eigenvalue weighted by Gasteiger charge is 2.21. The lowest BCUT2D eigenvalue weighted by Gasteiger charge is -2.25. The van der Waals surface area contributed by atoms with Crippen LogP contribution in [0.1, 0.15) is 19.4 Å². The fourth-order valence-electron chi connectivity index (χ4n) is 2.64. The second-order valence-electron chi connectivity index (χ2n) is 6.76. The zero-order valence-corrected chi connectivity index (χ0v) is 17.3. The van der Waals surface area contributed by atoms with E-state index in [-0.39, 0.29) is 11.3 Å². The van der Waals surface area contributed by atoms with E-state index in [9.17, 15) is 4.79 Å². The topological polar surface area (TPSA) is 47.6 Å². The van der Waals surface area contributed by atoms with E-state index in [2.05, 4.69) is 47.2 Å². The van der Waals surface area contributed by atoms with E-state index in [4.69, 9.17) is 9.47 Å². The average Bonchev–Trinajstić information content (AvgIpc) is 2.65. The molecule has 0 saturated carbocycles. The molecule has 0 bridgehead atoms. The monoisotopic (exact) mass is 435 g/mol. The van der Waals surface area contributed by atoms with Gasteiger partial charge in [0.05, 0.1) is 5.75 Å². The molecule has 0 radical (unpaired) electrons. The van der Waals surface area contributed by atoms with Gasteiger partial charge >= 0.3 is 0 Å². The first-order chi connectivity index (χ1) is 12.4. The Morgan fingerprint density at radius 2 is 1.81 bits per heavy atom. The molecule has 1 N–H and O–H groups in total. The minimum atomic E-state index is -0.127. The highest BCUT2D eigenvalue weighted by Crippen LogP contribution is 2.34. The molecule has 0 fully saturated rings. The molecule has 26 heavy (non-hydrogen) atoms. The average molecular weight is 436 g/mol. The molecule has 1 aliphatic heterocycles. The second kappa shape index (κ2) is 8.35. The number of nitrogens with one attached hydrogen (secondary N) is 1. The van der Waals surface area contributed by atoms with E-state index in [1.165, 1.54) is 17.3 Å². The molecule has 4 nitrogen and oxygen atoms in total. The van der Waals surface area contributed by atoms with Crippen LogP contribution in [0.3, 0.4) is 0 Å². The van der Waals surface area contributed by atoms with Crippen LogP contribution in [0.4, 0.5) is 0 Å². The Morgan fingerprint density at radius 1 is 1.12 bits per heavy atom. The van der Waals surface area contributed by atoms with Crippen LogP contribution < -0.4 is 14.8 Å². The number of hydrogen-bond acceptors (Lipinski definition) is 4. The summed E-state index contributed by atoms with van der Waals surface area (Å²) in [5.41, 5.74) is 1.07. The third-order valence-electron chi connectivity index (χ3n) is 4.24. The Balaban J connectivity index is 1.50. The van der Waals surface area contributed by atoms with Crippen LogP contribution in [0, 0.1) is 0 Å². The fraction of sp³-hybridized carbons (Fsp3) is 0.350. The molecule has 1 amide bonds. The molecule has 0 unspecified atom stereocenters. The Morgan fingerprint density at radius 3 is 2.54 bits per heavy atom. The molecule has 2 aromatic rings. The van der Waals surface area contributed by atoms with Crippen LogP contribution in [0.2, 0.25) is 0 Å². The SMILES string of the molecule is CC(C)(CNC(=O)CSc1ccc2c(c1)OCCO2)c1ccc(Br)cc1. The number of ether oxygens (including phenoxy) is 2. The third-order valence-corrected chi connectivity index (χ3v) is 5.76. The van der Waals surface area contributed by atoms with Gasteiger partial charge in [-0.2, -0.15) is 0 Å². The fourth-order valence-corrected chi connectivity index (χ4v) is 3.65. The van der Waals surface area contributed by atoms with Gasteiger partial charge in [0.25, 0.3) is 0 Å². The maximum atomic E-state index is 12.2. The quantitative estimate of drug-likeness (QED) is 0.682. The lowest BCUT2D eigenvalue weighted by atomic mass is 9.84. The molecular weight excluding hydrogens is 414 g/mol. The smallest absolute Gasteiger partial charge is 0.230 e. The van der Waals surface area contributed by atoms with Gasteiger partial charge in [0.15, 0.2) is 11.5 Å². The molecule has 0 spiro atoms. The minimum absolute atomic E-state index is 0.0232. The zero-order valence-electron chi connectivity index (χ0n) is 14.9. The predicted octanol–water partition coefficient (Wildman–Crippen LogP) is 4.41. The third kappa shape index (κ3) is 4.95. The van der Waals surface area contributed by atoms with E-state index < -0.39 is 0 Å². The summed E-state index contributed by atoms with van der Waals surface area (Å²) in [7, 11) is 0. The summed E-state index contributed by atoms with van der Waals surface area (Å²) < 4.78 is 12.1. The maximum absolute atomic E-state index is 12.2. The summed E-state index contributed by atoms with van der Waals surface area (Å²) in [5, 5.41) is 3.04. The Labute approximate surface area is 166 Å². The molecule has 138 valence electrons. The van der Waals surface area contributed by atoms with E-state index in [1.54, 1.807) is 0 Å². The molecule has 1 heterocycles. The van der Waals surface area contributed by atoms with Crippen molar-refractivity contribution >= 4 is 33.6 Å². The number of benzene rings is 2. The maximum Gasteiger partial charge on any atom is 0.230 e. The summed E-state index contributed by atoms with van der Waals surface area (Å²) in [6.07, 6.45) is 0. The first-order valence-corrected chi connectivity index (χ1v) is 10.3. The van der Waals surface area contributed by atoms with Crippen LogP contribution in [0.15, 0.2) is 51.8 Å². The van der Waals surface area contributed by atoms with Crippen molar-refractivity contribution in [3.05, 3.63) is 52.5 Å². The van der Waals surface area contributed by atoms with Gasteiger partial charge in [0.2, 0.25) is 5.91 Å². The summed E-state index contributed by atoms with van der Waals surface area (Å²) in [6.45, 7) is 5.99. The van der Waals surface area contributed by atoms with Gasteiger partial charge in [-0.3, -0.25) is 4.79 Å². The predicted molar refractivity (Wildman–Crippen MR) is 108 cm³/mol. The van der Waals surface area contributed by atoms with E-state index in [0.29, 0.717) is 25.5 Å². The van der Waals surface area contributed by atoms with Gasteiger partial charge in [0.1, 0.15) is 13.2 Å². The number of thioether (sulfide) groups is 1. The van der Waals surface area contributed by atoms with Gasteiger partial charge in [-0.25, -0.2) is 0 Å². The Hall–Kier alpha value is -1.66. The Kier molecular flexibility index (Phi) is 6.14. The summed E-state index contributed by atoms with van der Waals surface area (Å²) >= 11 is 4.95. The number of amides is 1. The number of carbonyl (C=O) groups is 1. The van der Waals surface area contributed by atoms with Crippen molar-refractivity contribution in [2.45, 2.75) is 24.2 Å². The summed E-state index contributed by atoms with van der Waals surface area (Å²) in [5.74, 6) is 1.91. The minimum Gasteiger partial charge on any atom is -0.486 e. The zero-order chi connectivity index (χ0) is 18.6. The van der Waals surface area contributed by atoms with E-state index in [0.717, 1.165) is 20.9 Å². The number of fused-ring (bicyclic) bond motifs is 1. The Bertz CT molecular complexity index is 777. The molecule has 2 aromatic carbocycles. The van der Waals surface area contributed by atoms with Crippen molar-refractivity contribution < 1.29 is 14.3 Å². The first-order valence-electron chi connectivity index (χ1n) is 8.49. The molecule has 0 aliphatic carbocycles.